The minimum Gasteiger partial charge on any atom is -0.507 e. The van der Waals surface area contributed by atoms with E-state index >= 15 is 0 Å². The van der Waals surface area contributed by atoms with Crippen LogP contribution >= 0.6 is 15.9 Å². The van der Waals surface area contributed by atoms with E-state index in [1.807, 2.05) is 44.2 Å². The van der Waals surface area contributed by atoms with Gasteiger partial charge in [-0.3, -0.25) is 4.79 Å². The molecule has 0 amide bonds. The fourth-order valence-electron chi connectivity index (χ4n) is 2.70. The molecule has 0 aliphatic rings. The lowest BCUT2D eigenvalue weighted by Gasteiger charge is -2.04. The fraction of sp³-hybridized carbons (Fsp3) is 0.100. The highest BCUT2D eigenvalue weighted by Crippen LogP contribution is 2.25. The second-order valence-electron chi connectivity index (χ2n) is 5.70. The van der Waals surface area contributed by atoms with Gasteiger partial charge in [0.15, 0.2) is 5.78 Å². The number of rotatable bonds is 4. The van der Waals surface area contributed by atoms with E-state index in [-0.39, 0.29) is 11.5 Å². The predicted octanol–water partition coefficient (Wildman–Crippen LogP) is 4.85. The summed E-state index contributed by atoms with van der Waals surface area (Å²) >= 11 is 3.27. The van der Waals surface area contributed by atoms with Gasteiger partial charge in [-0.15, -0.1) is 0 Å². The number of hydrogen-bond donors (Lipinski definition) is 1. The Morgan fingerprint density at radius 2 is 1.88 bits per heavy atom. The molecule has 1 aromatic heterocycles. The quantitative estimate of drug-likeness (QED) is 0.506. The summed E-state index contributed by atoms with van der Waals surface area (Å²) in [7, 11) is 0. The van der Waals surface area contributed by atoms with Gasteiger partial charge in [0, 0.05) is 0 Å². The van der Waals surface area contributed by atoms with Crippen LogP contribution in [0.15, 0.2) is 59.1 Å². The molecular formula is C20H17BrN2O2. The summed E-state index contributed by atoms with van der Waals surface area (Å²) in [6, 6.07) is 14.8. The summed E-state index contributed by atoms with van der Waals surface area (Å²) in [5, 5.41) is 14.0. The number of ketones is 1. The van der Waals surface area contributed by atoms with Gasteiger partial charge in [0.05, 0.1) is 27.1 Å². The van der Waals surface area contributed by atoms with E-state index < -0.39 is 0 Å². The maximum absolute atomic E-state index is 12.7. The zero-order chi connectivity index (χ0) is 18.0. The van der Waals surface area contributed by atoms with Gasteiger partial charge >= 0.3 is 0 Å². The largest absolute Gasteiger partial charge is 0.507 e. The molecule has 2 aromatic carbocycles. The first-order valence-electron chi connectivity index (χ1n) is 7.80. The molecule has 0 spiro atoms. The zero-order valence-corrected chi connectivity index (χ0v) is 15.5. The van der Waals surface area contributed by atoms with Crippen LogP contribution in [-0.2, 0) is 0 Å². The summed E-state index contributed by atoms with van der Waals surface area (Å²) in [6.45, 7) is 3.73. The Kier molecular flexibility index (Phi) is 4.86. The number of phenolic OH excluding ortho intramolecular Hbond substituents is 1. The first-order chi connectivity index (χ1) is 12.0. The van der Waals surface area contributed by atoms with Gasteiger partial charge in [-0.25, -0.2) is 4.68 Å². The van der Waals surface area contributed by atoms with E-state index in [1.165, 1.54) is 6.08 Å². The van der Waals surface area contributed by atoms with Crippen molar-refractivity contribution in [1.82, 2.24) is 9.78 Å². The molecule has 3 aromatic rings. The van der Waals surface area contributed by atoms with Crippen LogP contribution in [0.4, 0.5) is 0 Å². The van der Waals surface area contributed by atoms with Crippen LogP contribution in [0.1, 0.15) is 27.3 Å². The highest BCUT2D eigenvalue weighted by atomic mass is 79.9. The topological polar surface area (TPSA) is 55.1 Å². The molecule has 1 heterocycles. The van der Waals surface area contributed by atoms with Gasteiger partial charge in [-0.2, -0.15) is 5.10 Å². The number of aryl methyl sites for hydroxylation is 1. The number of benzene rings is 2. The lowest BCUT2D eigenvalue weighted by atomic mass is 10.1. The van der Waals surface area contributed by atoms with Crippen LogP contribution in [0.25, 0.3) is 11.8 Å². The van der Waals surface area contributed by atoms with Crippen molar-refractivity contribution in [2.75, 3.05) is 0 Å². The third kappa shape index (κ3) is 3.56. The number of nitrogens with zero attached hydrogens (tertiary/aromatic N) is 2. The smallest absolute Gasteiger partial charge is 0.189 e. The van der Waals surface area contributed by atoms with Crippen molar-refractivity contribution in [2.24, 2.45) is 0 Å². The summed E-state index contributed by atoms with van der Waals surface area (Å²) in [5.41, 5.74) is 3.86. The minimum atomic E-state index is -0.0959. The normalized spacial score (nSPS) is 11.2. The highest BCUT2D eigenvalue weighted by Gasteiger charge is 2.17. The second-order valence-corrected chi connectivity index (χ2v) is 6.56. The van der Waals surface area contributed by atoms with Gasteiger partial charge in [0.2, 0.25) is 0 Å². The molecule has 5 heteroatoms. The van der Waals surface area contributed by atoms with Crippen LogP contribution in [0.5, 0.6) is 5.75 Å². The maximum Gasteiger partial charge on any atom is 0.189 e. The van der Waals surface area contributed by atoms with Crippen LogP contribution in [0, 0.1) is 13.8 Å². The first kappa shape index (κ1) is 17.2. The second kappa shape index (κ2) is 7.07. The van der Waals surface area contributed by atoms with Crippen molar-refractivity contribution in [3.05, 3.63) is 81.6 Å². The van der Waals surface area contributed by atoms with Gasteiger partial charge in [0.1, 0.15) is 5.75 Å². The molecule has 0 aliphatic carbocycles. The van der Waals surface area contributed by atoms with Crippen LogP contribution in [0.3, 0.4) is 0 Å². The minimum absolute atomic E-state index is 0.0959. The Balaban J connectivity index is 1.91. The Hall–Kier alpha value is -2.66. The Labute approximate surface area is 154 Å². The molecule has 0 unspecified atom stereocenters. The molecule has 0 saturated carbocycles. The van der Waals surface area contributed by atoms with Crippen LogP contribution in [0.2, 0.25) is 0 Å². The van der Waals surface area contributed by atoms with E-state index in [9.17, 15) is 9.90 Å². The summed E-state index contributed by atoms with van der Waals surface area (Å²) < 4.78 is 2.37. The molecule has 0 aliphatic heterocycles. The van der Waals surface area contributed by atoms with E-state index in [0.29, 0.717) is 15.7 Å². The molecule has 0 atom stereocenters. The van der Waals surface area contributed by atoms with Gasteiger partial charge in [0.25, 0.3) is 0 Å². The van der Waals surface area contributed by atoms with Crippen molar-refractivity contribution in [1.29, 1.82) is 0 Å². The fourth-order valence-corrected chi connectivity index (χ4v) is 3.10. The Morgan fingerprint density at radius 1 is 1.16 bits per heavy atom. The van der Waals surface area contributed by atoms with E-state index in [2.05, 4.69) is 21.0 Å². The number of carbonyl (C=O) groups excluding carboxylic acids is 1. The number of carbonyl (C=O) groups is 1. The molecule has 1 N–H and O–H groups in total. The number of aromatic nitrogens is 2. The number of aromatic hydroxyl groups is 1. The van der Waals surface area contributed by atoms with E-state index in [1.54, 1.807) is 29.0 Å². The van der Waals surface area contributed by atoms with Crippen molar-refractivity contribution < 1.29 is 9.90 Å². The summed E-state index contributed by atoms with van der Waals surface area (Å²) in [6.07, 6.45) is 3.26. The third-order valence-corrected chi connectivity index (χ3v) is 4.57. The number of para-hydroxylation sites is 1. The van der Waals surface area contributed by atoms with E-state index in [4.69, 9.17) is 0 Å². The third-order valence-electron chi connectivity index (χ3n) is 3.94. The Bertz CT molecular complexity index is 959. The molecule has 25 heavy (non-hydrogen) atoms. The monoisotopic (exact) mass is 396 g/mol. The van der Waals surface area contributed by atoms with E-state index in [0.717, 1.165) is 16.9 Å². The number of hydrogen-bond acceptors (Lipinski definition) is 3. The van der Waals surface area contributed by atoms with Crippen molar-refractivity contribution in [3.8, 4) is 11.4 Å². The average Bonchev–Trinajstić information content (AvgIpc) is 2.91. The Morgan fingerprint density at radius 3 is 2.56 bits per heavy atom. The van der Waals surface area contributed by atoms with Crippen LogP contribution < -0.4 is 0 Å². The van der Waals surface area contributed by atoms with Gasteiger partial charge in [-0.1, -0.05) is 30.3 Å². The van der Waals surface area contributed by atoms with Crippen molar-refractivity contribution in [3.63, 3.8) is 0 Å². The lowest BCUT2D eigenvalue weighted by Crippen LogP contribution is -2.01. The van der Waals surface area contributed by atoms with Crippen molar-refractivity contribution in [2.45, 2.75) is 13.8 Å². The molecule has 0 fully saturated rings. The SMILES string of the molecule is Cc1nn(-c2ccccc2)c(C)c1C(=O)C=Cc1ccc(O)c(Br)c1. The first-order valence-corrected chi connectivity index (χ1v) is 8.59. The summed E-state index contributed by atoms with van der Waals surface area (Å²) in [5.74, 6) is 0.0701. The molecule has 0 radical (unpaired) electrons. The number of allylic oxidation sites excluding steroid dienone is 1. The average molecular weight is 397 g/mol. The summed E-state index contributed by atoms with van der Waals surface area (Å²) in [4.78, 5) is 12.7. The highest BCUT2D eigenvalue weighted by molar-refractivity contribution is 9.10. The van der Waals surface area contributed by atoms with Crippen LogP contribution in [-0.4, -0.2) is 20.7 Å². The maximum atomic E-state index is 12.7. The molecular weight excluding hydrogens is 380 g/mol. The molecule has 3 rings (SSSR count). The molecule has 126 valence electrons. The zero-order valence-electron chi connectivity index (χ0n) is 13.9. The number of phenols is 1. The number of halogens is 1. The van der Waals surface area contributed by atoms with Crippen molar-refractivity contribution >= 4 is 27.8 Å². The predicted molar refractivity (Wildman–Crippen MR) is 102 cm³/mol. The molecule has 0 saturated heterocycles. The lowest BCUT2D eigenvalue weighted by molar-refractivity contribution is 0.104. The van der Waals surface area contributed by atoms with Gasteiger partial charge < -0.3 is 5.11 Å². The standard InChI is InChI=1S/C20H17BrN2O2/c1-13-20(14(2)23(22-13)16-6-4-3-5-7-16)19(25)11-9-15-8-10-18(24)17(21)12-15/h3-12,24H,1-2H3. The van der Waals surface area contributed by atoms with Gasteiger partial charge in [-0.05, 0) is 65.7 Å². The molecule has 4 nitrogen and oxygen atoms in total. The molecule has 0 bridgehead atoms.